The number of halogens is 3. The molecule has 0 saturated carbocycles. The molecule has 2 aromatic rings. The summed E-state index contributed by atoms with van der Waals surface area (Å²) >= 11 is 12.3. The van der Waals surface area contributed by atoms with Crippen LogP contribution in [0.25, 0.3) is 0 Å². The molecule has 3 aliphatic heterocycles. The molecule has 2 aromatic carbocycles. The maximum absolute atomic E-state index is 13.8. The SMILES string of the molecule is O=C(Cc1ccc(Cl)c(Cl)c1)N1CCN(Cc2cccc(F)c2)C2COCC(N3CCCC3)[C@H]21. The van der Waals surface area contributed by atoms with Crippen LogP contribution in [0, 0.1) is 5.82 Å². The van der Waals surface area contributed by atoms with Gasteiger partial charge >= 0.3 is 0 Å². The molecule has 0 aliphatic carbocycles. The average Bonchev–Trinajstić information content (AvgIpc) is 3.36. The van der Waals surface area contributed by atoms with Gasteiger partial charge in [-0.25, -0.2) is 4.39 Å². The number of piperazine rings is 1. The molecule has 3 saturated heterocycles. The van der Waals surface area contributed by atoms with Crippen molar-refractivity contribution in [2.75, 3.05) is 39.4 Å². The Kier molecular flexibility index (Phi) is 7.42. The second-order valence-electron chi connectivity index (χ2n) is 9.52. The first kappa shape index (κ1) is 24.0. The molecule has 182 valence electrons. The normalized spacial score (nSPS) is 26.0. The van der Waals surface area contributed by atoms with E-state index in [0.717, 1.165) is 30.8 Å². The van der Waals surface area contributed by atoms with Crippen LogP contribution in [0.15, 0.2) is 42.5 Å². The Labute approximate surface area is 210 Å². The van der Waals surface area contributed by atoms with Crippen molar-refractivity contribution in [3.05, 3.63) is 69.5 Å². The molecule has 0 bridgehead atoms. The summed E-state index contributed by atoms with van der Waals surface area (Å²) in [6.07, 6.45) is 2.65. The first-order chi connectivity index (χ1) is 16.5. The highest BCUT2D eigenvalue weighted by atomic mass is 35.5. The molecule has 3 atom stereocenters. The van der Waals surface area contributed by atoms with Crippen molar-refractivity contribution in [1.82, 2.24) is 14.7 Å². The van der Waals surface area contributed by atoms with Gasteiger partial charge < -0.3 is 9.64 Å². The Hall–Kier alpha value is -1.70. The molecule has 3 heterocycles. The van der Waals surface area contributed by atoms with Gasteiger partial charge in [0.2, 0.25) is 5.91 Å². The zero-order valence-corrected chi connectivity index (χ0v) is 20.6. The third kappa shape index (κ3) is 5.12. The highest BCUT2D eigenvalue weighted by molar-refractivity contribution is 6.42. The number of carbonyl (C=O) groups excluding carboxylic acids is 1. The van der Waals surface area contributed by atoms with E-state index in [1.54, 1.807) is 24.3 Å². The summed E-state index contributed by atoms with van der Waals surface area (Å²) in [4.78, 5) is 20.5. The third-order valence-corrected chi connectivity index (χ3v) is 8.11. The third-order valence-electron chi connectivity index (χ3n) is 7.37. The summed E-state index contributed by atoms with van der Waals surface area (Å²) in [5.74, 6) is -0.121. The summed E-state index contributed by atoms with van der Waals surface area (Å²) in [6, 6.07) is 12.4. The standard InChI is InChI=1S/C26H30Cl2FN3O2/c27-21-7-6-18(13-22(21)28)14-25(33)32-11-10-31(15-19-4-3-5-20(29)12-19)24-17-34-16-23(26(24)32)30-8-1-2-9-30/h3-7,12-13,23-24,26H,1-2,8-11,14-17H2/t23?,24?,26-/m1/s1. The number of amides is 1. The zero-order valence-electron chi connectivity index (χ0n) is 19.1. The molecule has 0 aromatic heterocycles. The lowest BCUT2D eigenvalue weighted by atomic mass is 9.90. The lowest BCUT2D eigenvalue weighted by Crippen LogP contribution is -2.71. The van der Waals surface area contributed by atoms with E-state index in [2.05, 4.69) is 14.7 Å². The molecule has 5 nitrogen and oxygen atoms in total. The number of fused-ring (bicyclic) bond motifs is 1. The van der Waals surface area contributed by atoms with Crippen LogP contribution >= 0.6 is 23.2 Å². The van der Waals surface area contributed by atoms with Crippen LogP contribution < -0.4 is 0 Å². The predicted octanol–water partition coefficient (Wildman–Crippen LogP) is 4.25. The number of hydrogen-bond donors (Lipinski definition) is 0. The number of carbonyl (C=O) groups is 1. The first-order valence-electron chi connectivity index (χ1n) is 12.0. The Morgan fingerprint density at radius 1 is 0.941 bits per heavy atom. The van der Waals surface area contributed by atoms with Gasteiger partial charge in [-0.3, -0.25) is 14.6 Å². The maximum atomic E-state index is 13.8. The van der Waals surface area contributed by atoms with E-state index in [-0.39, 0.29) is 36.3 Å². The van der Waals surface area contributed by atoms with Crippen LogP contribution in [0.1, 0.15) is 24.0 Å². The molecule has 5 rings (SSSR count). The fourth-order valence-electron chi connectivity index (χ4n) is 5.73. The maximum Gasteiger partial charge on any atom is 0.227 e. The largest absolute Gasteiger partial charge is 0.378 e. The second kappa shape index (κ2) is 10.5. The summed E-state index contributed by atoms with van der Waals surface area (Å²) in [7, 11) is 0. The number of rotatable bonds is 5. The number of benzene rings is 2. The van der Waals surface area contributed by atoms with Crippen LogP contribution in [0.2, 0.25) is 10.0 Å². The van der Waals surface area contributed by atoms with E-state index < -0.39 is 0 Å². The Bertz CT molecular complexity index is 1030. The van der Waals surface area contributed by atoms with E-state index >= 15 is 0 Å². The molecule has 0 N–H and O–H groups in total. The number of ether oxygens (including phenoxy) is 1. The van der Waals surface area contributed by atoms with Gasteiger partial charge in [-0.2, -0.15) is 0 Å². The van der Waals surface area contributed by atoms with Crippen molar-refractivity contribution in [3.8, 4) is 0 Å². The zero-order chi connectivity index (χ0) is 23.7. The number of nitrogens with zero attached hydrogens (tertiary/aromatic N) is 3. The summed E-state index contributed by atoms with van der Waals surface area (Å²) < 4.78 is 19.9. The molecule has 0 spiro atoms. The van der Waals surface area contributed by atoms with Crippen molar-refractivity contribution in [2.45, 2.75) is 43.9 Å². The molecule has 0 radical (unpaired) electrons. The van der Waals surface area contributed by atoms with E-state index in [4.69, 9.17) is 27.9 Å². The monoisotopic (exact) mass is 505 g/mol. The summed E-state index contributed by atoms with van der Waals surface area (Å²) in [6.45, 7) is 5.28. The minimum absolute atomic E-state index is 0.0319. The van der Waals surface area contributed by atoms with E-state index in [9.17, 15) is 9.18 Å². The lowest BCUT2D eigenvalue weighted by Gasteiger charge is -2.54. The van der Waals surface area contributed by atoms with E-state index in [0.29, 0.717) is 36.3 Å². The molecule has 3 fully saturated rings. The minimum Gasteiger partial charge on any atom is -0.378 e. The van der Waals surface area contributed by atoms with Gasteiger partial charge in [0, 0.05) is 19.6 Å². The first-order valence-corrected chi connectivity index (χ1v) is 12.8. The van der Waals surface area contributed by atoms with Gasteiger partial charge in [0.05, 0.1) is 47.8 Å². The van der Waals surface area contributed by atoms with E-state index in [1.165, 1.54) is 18.9 Å². The van der Waals surface area contributed by atoms with Gasteiger partial charge in [0.15, 0.2) is 0 Å². The lowest BCUT2D eigenvalue weighted by molar-refractivity contribution is -0.153. The summed E-state index contributed by atoms with van der Waals surface area (Å²) in [5, 5.41) is 0.952. The van der Waals surface area contributed by atoms with Crippen molar-refractivity contribution < 1.29 is 13.9 Å². The summed E-state index contributed by atoms with van der Waals surface area (Å²) in [5.41, 5.74) is 1.81. The number of hydrogen-bond acceptors (Lipinski definition) is 4. The van der Waals surface area contributed by atoms with Crippen LogP contribution in [-0.2, 0) is 22.5 Å². The molecule has 1 amide bonds. The van der Waals surface area contributed by atoms with Crippen LogP contribution in [0.5, 0.6) is 0 Å². The molecule has 8 heteroatoms. The Morgan fingerprint density at radius 2 is 1.74 bits per heavy atom. The highest BCUT2D eigenvalue weighted by Crippen LogP contribution is 2.31. The smallest absolute Gasteiger partial charge is 0.227 e. The van der Waals surface area contributed by atoms with Gasteiger partial charge in [0.25, 0.3) is 0 Å². The van der Waals surface area contributed by atoms with Crippen molar-refractivity contribution in [3.63, 3.8) is 0 Å². The molecule has 3 aliphatic rings. The predicted molar refractivity (Wildman–Crippen MR) is 132 cm³/mol. The quantitative estimate of drug-likeness (QED) is 0.608. The number of likely N-dealkylation sites (tertiary alicyclic amines) is 1. The topological polar surface area (TPSA) is 36.0 Å². The highest BCUT2D eigenvalue weighted by Gasteiger charge is 2.47. The Balaban J connectivity index is 1.39. The van der Waals surface area contributed by atoms with Crippen molar-refractivity contribution >= 4 is 29.1 Å². The van der Waals surface area contributed by atoms with Gasteiger partial charge in [0.1, 0.15) is 5.82 Å². The molecular weight excluding hydrogens is 476 g/mol. The van der Waals surface area contributed by atoms with Crippen molar-refractivity contribution in [2.24, 2.45) is 0 Å². The van der Waals surface area contributed by atoms with Gasteiger partial charge in [-0.05, 0) is 61.3 Å². The average molecular weight is 506 g/mol. The van der Waals surface area contributed by atoms with Crippen molar-refractivity contribution in [1.29, 1.82) is 0 Å². The van der Waals surface area contributed by atoms with Crippen LogP contribution in [-0.4, -0.2) is 78.1 Å². The van der Waals surface area contributed by atoms with E-state index in [1.807, 2.05) is 12.1 Å². The Morgan fingerprint density at radius 3 is 2.50 bits per heavy atom. The fraction of sp³-hybridized carbons (Fsp3) is 0.500. The molecular formula is C26H30Cl2FN3O2. The minimum atomic E-state index is -0.223. The fourth-order valence-corrected chi connectivity index (χ4v) is 6.05. The van der Waals surface area contributed by atoms with Gasteiger partial charge in [-0.1, -0.05) is 41.4 Å². The van der Waals surface area contributed by atoms with Crippen LogP contribution in [0.4, 0.5) is 4.39 Å². The van der Waals surface area contributed by atoms with Gasteiger partial charge in [-0.15, -0.1) is 0 Å². The second-order valence-corrected chi connectivity index (χ2v) is 10.3. The molecule has 2 unspecified atom stereocenters. The van der Waals surface area contributed by atoms with Crippen LogP contribution in [0.3, 0.4) is 0 Å². The molecule has 34 heavy (non-hydrogen) atoms.